The van der Waals surface area contributed by atoms with Crippen LogP contribution in [0.1, 0.15) is 34.0 Å². The van der Waals surface area contributed by atoms with Crippen LogP contribution in [0.2, 0.25) is 0 Å². The first-order valence-electron chi connectivity index (χ1n) is 10.5. The smallest absolute Gasteiger partial charge is 0.341 e. The van der Waals surface area contributed by atoms with Gasteiger partial charge in [0.15, 0.2) is 0 Å². The number of fused-ring (bicyclic) bond motifs is 1. The highest BCUT2D eigenvalue weighted by atomic mass is 32.1. The van der Waals surface area contributed by atoms with Crippen LogP contribution in [-0.4, -0.2) is 17.6 Å². The molecular formula is C25H22F2N2O4S. The van der Waals surface area contributed by atoms with Crippen LogP contribution >= 0.6 is 11.3 Å². The predicted molar refractivity (Wildman–Crippen MR) is 126 cm³/mol. The van der Waals surface area contributed by atoms with Gasteiger partial charge in [-0.05, 0) is 49.1 Å². The van der Waals surface area contributed by atoms with Crippen LogP contribution in [0.4, 0.5) is 14.6 Å². The van der Waals surface area contributed by atoms with Gasteiger partial charge in [-0.2, -0.15) is 0 Å². The maximum absolute atomic E-state index is 13.9. The number of pyridine rings is 1. The number of hydrogen-bond acceptors (Lipinski definition) is 7. The average Bonchev–Trinajstić information content (AvgIpc) is 3.22. The Morgan fingerprint density at radius 3 is 2.44 bits per heavy atom. The Morgan fingerprint density at radius 1 is 1.06 bits per heavy atom. The van der Waals surface area contributed by atoms with Gasteiger partial charge in [-0.1, -0.05) is 0 Å². The molecular weight excluding hydrogens is 462 g/mol. The Kier molecular flexibility index (Phi) is 6.93. The van der Waals surface area contributed by atoms with Crippen LogP contribution in [0.5, 0.6) is 11.5 Å². The molecule has 0 atom stereocenters. The molecule has 0 amide bonds. The largest absolute Gasteiger partial charge is 0.489 e. The minimum atomic E-state index is -0.665. The number of carbonyl (C=O) groups is 1. The summed E-state index contributed by atoms with van der Waals surface area (Å²) in [4.78, 5) is 16.4. The molecule has 0 radical (unpaired) electrons. The number of carbonyl (C=O) groups excluding carboxylic acids is 1. The lowest BCUT2D eigenvalue weighted by molar-refractivity contribution is 0.0528. The summed E-state index contributed by atoms with van der Waals surface area (Å²) in [6.07, 6.45) is 1.42. The minimum absolute atomic E-state index is 0.0526. The molecule has 0 saturated carbocycles. The highest BCUT2D eigenvalue weighted by Gasteiger charge is 2.18. The number of aromatic nitrogens is 1. The van der Waals surface area contributed by atoms with Gasteiger partial charge in [0, 0.05) is 34.8 Å². The second-order valence-corrected chi connectivity index (χ2v) is 8.42. The van der Waals surface area contributed by atoms with Gasteiger partial charge in [0.1, 0.15) is 42.2 Å². The van der Waals surface area contributed by atoms with Crippen molar-refractivity contribution in [1.29, 1.82) is 0 Å². The quantitative estimate of drug-likeness (QED) is 0.318. The summed E-state index contributed by atoms with van der Waals surface area (Å²) in [6, 6.07) is 8.68. The van der Waals surface area contributed by atoms with Gasteiger partial charge < -0.3 is 19.9 Å². The molecule has 0 aliphatic rings. The SMILES string of the molecule is CCOC(=O)c1cnc(N)c2c(COc3cc(C)cc(OCc4ccc(F)cc4F)c3)csc12. The number of nitrogens with two attached hydrogens (primary N) is 1. The van der Waals surface area contributed by atoms with Gasteiger partial charge in [0.25, 0.3) is 0 Å². The minimum Gasteiger partial charge on any atom is -0.489 e. The van der Waals surface area contributed by atoms with Crippen molar-refractivity contribution in [3.8, 4) is 11.5 Å². The molecule has 2 aromatic carbocycles. The first kappa shape index (κ1) is 23.4. The molecule has 0 spiro atoms. The number of ether oxygens (including phenoxy) is 3. The van der Waals surface area contributed by atoms with Gasteiger partial charge in [0.2, 0.25) is 0 Å². The standard InChI is InChI=1S/C25H22F2N2O4S/c1-3-31-25(30)20-10-29-24(28)22-16(13-34-23(20)22)12-33-19-7-14(2)6-18(9-19)32-11-15-4-5-17(26)8-21(15)27/h4-10,13H,3,11-12H2,1-2H3,(H2,28,29). The summed E-state index contributed by atoms with van der Waals surface area (Å²) in [5.74, 6) is -0.424. The van der Waals surface area contributed by atoms with E-state index in [0.29, 0.717) is 33.0 Å². The molecule has 0 aliphatic heterocycles. The summed E-state index contributed by atoms with van der Waals surface area (Å²) in [5, 5.41) is 2.53. The van der Waals surface area contributed by atoms with E-state index >= 15 is 0 Å². The maximum Gasteiger partial charge on any atom is 0.341 e. The van der Waals surface area contributed by atoms with Gasteiger partial charge in [-0.3, -0.25) is 0 Å². The predicted octanol–water partition coefficient (Wildman–Crippen LogP) is 5.80. The van der Waals surface area contributed by atoms with Crippen LogP contribution < -0.4 is 15.2 Å². The fourth-order valence-electron chi connectivity index (χ4n) is 3.43. The Balaban J connectivity index is 1.51. The topological polar surface area (TPSA) is 83.7 Å². The molecule has 0 fully saturated rings. The average molecular weight is 485 g/mol. The molecule has 0 aliphatic carbocycles. The zero-order chi connectivity index (χ0) is 24.2. The number of nitrogens with zero attached hydrogens (tertiary/aromatic N) is 1. The Labute approximate surface area is 198 Å². The number of thiophene rings is 1. The number of rotatable bonds is 8. The lowest BCUT2D eigenvalue weighted by atomic mass is 10.1. The number of halogens is 2. The molecule has 9 heteroatoms. The monoisotopic (exact) mass is 484 g/mol. The van der Waals surface area contributed by atoms with Crippen molar-refractivity contribution in [2.45, 2.75) is 27.1 Å². The van der Waals surface area contributed by atoms with Crippen LogP contribution in [0, 0.1) is 18.6 Å². The van der Waals surface area contributed by atoms with Crippen molar-refractivity contribution >= 4 is 33.2 Å². The Bertz CT molecular complexity index is 1360. The summed E-state index contributed by atoms with van der Waals surface area (Å²) in [6.45, 7) is 4.02. The van der Waals surface area contributed by atoms with Crippen molar-refractivity contribution in [2.75, 3.05) is 12.3 Å². The van der Waals surface area contributed by atoms with Gasteiger partial charge in [-0.15, -0.1) is 11.3 Å². The van der Waals surface area contributed by atoms with Crippen molar-refractivity contribution < 1.29 is 27.8 Å². The molecule has 2 N–H and O–H groups in total. The van der Waals surface area contributed by atoms with E-state index in [1.165, 1.54) is 29.7 Å². The summed E-state index contributed by atoms with van der Waals surface area (Å²) in [5.41, 5.74) is 8.37. The molecule has 4 aromatic rings. The van der Waals surface area contributed by atoms with Crippen molar-refractivity contribution in [2.24, 2.45) is 0 Å². The van der Waals surface area contributed by atoms with E-state index < -0.39 is 17.6 Å². The van der Waals surface area contributed by atoms with Crippen LogP contribution in [-0.2, 0) is 18.0 Å². The first-order chi connectivity index (χ1) is 16.4. The molecule has 6 nitrogen and oxygen atoms in total. The highest BCUT2D eigenvalue weighted by Crippen LogP contribution is 2.34. The number of esters is 1. The molecule has 2 aromatic heterocycles. The van der Waals surface area contributed by atoms with E-state index in [4.69, 9.17) is 19.9 Å². The van der Waals surface area contributed by atoms with Crippen molar-refractivity contribution in [1.82, 2.24) is 4.98 Å². The van der Waals surface area contributed by atoms with E-state index in [9.17, 15) is 13.6 Å². The summed E-state index contributed by atoms with van der Waals surface area (Å²) >= 11 is 1.37. The zero-order valence-electron chi connectivity index (χ0n) is 18.6. The molecule has 0 saturated heterocycles. The molecule has 176 valence electrons. The second-order valence-electron chi connectivity index (χ2n) is 7.54. The zero-order valence-corrected chi connectivity index (χ0v) is 19.4. The molecule has 4 rings (SSSR count). The number of hydrogen-bond donors (Lipinski definition) is 1. The van der Waals surface area contributed by atoms with Crippen LogP contribution in [0.3, 0.4) is 0 Å². The van der Waals surface area contributed by atoms with Crippen molar-refractivity contribution in [3.05, 3.63) is 81.9 Å². The van der Waals surface area contributed by atoms with E-state index in [1.807, 2.05) is 18.4 Å². The van der Waals surface area contributed by atoms with Gasteiger partial charge in [0.05, 0.1) is 16.9 Å². The first-order valence-corrected chi connectivity index (χ1v) is 11.4. The Hall–Kier alpha value is -3.72. The third kappa shape index (κ3) is 5.09. The summed E-state index contributed by atoms with van der Waals surface area (Å²) < 4.78 is 44.5. The highest BCUT2D eigenvalue weighted by molar-refractivity contribution is 7.17. The normalized spacial score (nSPS) is 10.9. The number of aryl methyl sites for hydroxylation is 1. The molecule has 2 heterocycles. The van der Waals surface area contributed by atoms with Gasteiger partial charge in [-0.25, -0.2) is 18.6 Å². The lowest BCUT2D eigenvalue weighted by Crippen LogP contribution is -2.06. The second kappa shape index (κ2) is 10.0. The molecule has 34 heavy (non-hydrogen) atoms. The van der Waals surface area contributed by atoms with Crippen LogP contribution in [0.15, 0.2) is 48.0 Å². The Morgan fingerprint density at radius 2 is 1.76 bits per heavy atom. The van der Waals surface area contributed by atoms with Crippen molar-refractivity contribution in [3.63, 3.8) is 0 Å². The number of benzene rings is 2. The third-order valence-electron chi connectivity index (χ3n) is 5.02. The molecule has 0 bridgehead atoms. The maximum atomic E-state index is 13.9. The van der Waals surface area contributed by atoms with E-state index in [1.54, 1.807) is 19.1 Å². The van der Waals surface area contributed by atoms with E-state index in [-0.39, 0.29) is 25.4 Å². The molecule has 0 unspecified atom stereocenters. The summed E-state index contributed by atoms with van der Waals surface area (Å²) in [7, 11) is 0. The van der Waals surface area contributed by atoms with E-state index in [2.05, 4.69) is 4.98 Å². The van der Waals surface area contributed by atoms with Gasteiger partial charge >= 0.3 is 5.97 Å². The van der Waals surface area contributed by atoms with Crippen LogP contribution in [0.25, 0.3) is 10.1 Å². The fraction of sp³-hybridized carbons (Fsp3) is 0.200. The number of anilines is 1. The number of nitrogen functional groups attached to an aromatic ring is 1. The van der Waals surface area contributed by atoms with E-state index in [0.717, 1.165) is 17.2 Å². The lowest BCUT2D eigenvalue weighted by Gasteiger charge is -2.12. The third-order valence-corrected chi connectivity index (χ3v) is 6.09. The fourth-order valence-corrected chi connectivity index (χ4v) is 4.49.